The van der Waals surface area contributed by atoms with E-state index in [9.17, 15) is 4.39 Å². The molecule has 5 heteroatoms. The largest absolute Gasteiger partial charge is 0.353 e. The SMILES string of the molecule is Cc1cccc2ncnc(N3CCN(Cc4cccc(F)c4)CC3)c12. The summed E-state index contributed by atoms with van der Waals surface area (Å²) in [6, 6.07) is 13.0. The van der Waals surface area contributed by atoms with E-state index >= 15 is 0 Å². The minimum Gasteiger partial charge on any atom is -0.353 e. The molecule has 25 heavy (non-hydrogen) atoms. The molecule has 0 bridgehead atoms. The van der Waals surface area contributed by atoms with Gasteiger partial charge in [-0.15, -0.1) is 0 Å². The van der Waals surface area contributed by atoms with E-state index in [4.69, 9.17) is 0 Å². The standard InChI is InChI=1S/C20H21FN4/c1-15-4-2-7-18-19(15)20(23-14-22-18)25-10-8-24(9-11-25)13-16-5-3-6-17(21)12-16/h2-7,12,14H,8-11,13H2,1H3. The van der Waals surface area contributed by atoms with Crippen LogP contribution in [-0.2, 0) is 6.54 Å². The highest BCUT2D eigenvalue weighted by molar-refractivity contribution is 5.92. The Labute approximate surface area is 146 Å². The predicted molar refractivity (Wildman–Crippen MR) is 98.2 cm³/mol. The van der Waals surface area contributed by atoms with Crippen LogP contribution in [0.1, 0.15) is 11.1 Å². The average Bonchev–Trinajstić information content (AvgIpc) is 2.62. The summed E-state index contributed by atoms with van der Waals surface area (Å²) >= 11 is 0. The van der Waals surface area contributed by atoms with Crippen LogP contribution in [0.5, 0.6) is 0 Å². The van der Waals surface area contributed by atoms with Gasteiger partial charge in [-0.3, -0.25) is 4.90 Å². The number of fused-ring (bicyclic) bond motifs is 1. The van der Waals surface area contributed by atoms with Gasteiger partial charge in [0.2, 0.25) is 0 Å². The zero-order chi connectivity index (χ0) is 17.2. The van der Waals surface area contributed by atoms with Crippen molar-refractivity contribution in [2.45, 2.75) is 13.5 Å². The average molecular weight is 336 g/mol. The number of hydrogen-bond acceptors (Lipinski definition) is 4. The van der Waals surface area contributed by atoms with E-state index in [1.54, 1.807) is 18.5 Å². The molecule has 1 aliphatic rings. The van der Waals surface area contributed by atoms with E-state index in [2.05, 4.69) is 32.8 Å². The second-order valence-electron chi connectivity index (χ2n) is 6.56. The van der Waals surface area contributed by atoms with Gasteiger partial charge in [-0.05, 0) is 36.2 Å². The first-order chi connectivity index (χ1) is 12.2. The van der Waals surface area contributed by atoms with Gasteiger partial charge >= 0.3 is 0 Å². The highest BCUT2D eigenvalue weighted by Gasteiger charge is 2.20. The summed E-state index contributed by atoms with van der Waals surface area (Å²) in [5.74, 6) is 0.854. The fourth-order valence-corrected chi connectivity index (χ4v) is 3.51. The maximum Gasteiger partial charge on any atom is 0.140 e. The van der Waals surface area contributed by atoms with E-state index in [-0.39, 0.29) is 5.82 Å². The van der Waals surface area contributed by atoms with Crippen LogP contribution < -0.4 is 4.90 Å². The monoisotopic (exact) mass is 336 g/mol. The highest BCUT2D eigenvalue weighted by Crippen LogP contribution is 2.27. The Morgan fingerprint density at radius 3 is 2.60 bits per heavy atom. The number of aromatic nitrogens is 2. The lowest BCUT2D eigenvalue weighted by atomic mass is 10.1. The number of rotatable bonds is 3. The van der Waals surface area contributed by atoms with Crippen molar-refractivity contribution in [1.29, 1.82) is 0 Å². The molecule has 4 rings (SSSR count). The van der Waals surface area contributed by atoms with Gasteiger partial charge in [0.15, 0.2) is 0 Å². The fourth-order valence-electron chi connectivity index (χ4n) is 3.51. The number of halogens is 1. The second-order valence-corrected chi connectivity index (χ2v) is 6.56. The van der Waals surface area contributed by atoms with Gasteiger partial charge < -0.3 is 4.90 Å². The predicted octanol–water partition coefficient (Wildman–Crippen LogP) is 3.40. The molecule has 0 N–H and O–H groups in total. The Bertz CT molecular complexity index is 883. The molecule has 0 atom stereocenters. The van der Waals surface area contributed by atoms with Crippen LogP contribution in [0, 0.1) is 12.7 Å². The summed E-state index contributed by atoms with van der Waals surface area (Å²) in [5, 5.41) is 1.14. The minimum absolute atomic E-state index is 0.168. The Morgan fingerprint density at radius 2 is 1.80 bits per heavy atom. The maximum absolute atomic E-state index is 13.4. The van der Waals surface area contributed by atoms with Crippen LogP contribution in [0.3, 0.4) is 0 Å². The molecule has 2 aromatic carbocycles. The van der Waals surface area contributed by atoms with Gasteiger partial charge in [0.1, 0.15) is 18.0 Å². The summed E-state index contributed by atoms with van der Waals surface area (Å²) in [6.45, 7) is 6.60. The summed E-state index contributed by atoms with van der Waals surface area (Å²) in [7, 11) is 0. The topological polar surface area (TPSA) is 32.3 Å². The summed E-state index contributed by atoms with van der Waals surface area (Å²) < 4.78 is 13.4. The van der Waals surface area contributed by atoms with Crippen LogP contribution >= 0.6 is 0 Å². The van der Waals surface area contributed by atoms with Gasteiger partial charge in [0.25, 0.3) is 0 Å². The van der Waals surface area contributed by atoms with Crippen LogP contribution in [-0.4, -0.2) is 41.0 Å². The van der Waals surface area contributed by atoms with Crippen LogP contribution in [0.2, 0.25) is 0 Å². The van der Waals surface area contributed by atoms with Crippen molar-refractivity contribution in [2.75, 3.05) is 31.1 Å². The number of piperazine rings is 1. The van der Waals surface area contributed by atoms with Crippen molar-refractivity contribution >= 4 is 16.7 Å². The summed E-state index contributed by atoms with van der Waals surface area (Å²) in [5.41, 5.74) is 3.22. The molecular formula is C20H21FN4. The van der Waals surface area contributed by atoms with Crippen molar-refractivity contribution < 1.29 is 4.39 Å². The Kier molecular flexibility index (Phi) is 4.32. The molecular weight excluding hydrogens is 315 g/mol. The molecule has 1 aromatic heterocycles. The van der Waals surface area contributed by atoms with E-state index < -0.39 is 0 Å². The zero-order valence-electron chi connectivity index (χ0n) is 14.3. The number of benzene rings is 2. The molecule has 0 amide bonds. The Morgan fingerprint density at radius 1 is 1.00 bits per heavy atom. The maximum atomic E-state index is 13.4. The van der Waals surface area contributed by atoms with E-state index in [1.165, 1.54) is 11.6 Å². The lowest BCUT2D eigenvalue weighted by molar-refractivity contribution is 0.249. The van der Waals surface area contributed by atoms with Crippen molar-refractivity contribution in [2.24, 2.45) is 0 Å². The van der Waals surface area contributed by atoms with E-state index in [1.807, 2.05) is 18.2 Å². The van der Waals surface area contributed by atoms with E-state index in [0.717, 1.165) is 55.0 Å². The normalized spacial score (nSPS) is 15.7. The number of nitrogens with zero attached hydrogens (tertiary/aromatic N) is 4. The van der Waals surface area contributed by atoms with Gasteiger partial charge in [-0.1, -0.05) is 24.3 Å². The van der Waals surface area contributed by atoms with Crippen molar-refractivity contribution in [3.8, 4) is 0 Å². The number of aryl methyl sites for hydroxylation is 1. The molecule has 1 saturated heterocycles. The molecule has 0 saturated carbocycles. The summed E-state index contributed by atoms with van der Waals surface area (Å²) in [4.78, 5) is 13.6. The molecule has 2 heterocycles. The van der Waals surface area contributed by atoms with Gasteiger partial charge in [0.05, 0.1) is 5.52 Å². The molecule has 0 aliphatic carbocycles. The first-order valence-corrected chi connectivity index (χ1v) is 8.63. The zero-order valence-corrected chi connectivity index (χ0v) is 14.3. The third-order valence-corrected chi connectivity index (χ3v) is 4.82. The van der Waals surface area contributed by atoms with Gasteiger partial charge in [-0.2, -0.15) is 0 Å². The van der Waals surface area contributed by atoms with Crippen molar-refractivity contribution in [1.82, 2.24) is 14.9 Å². The van der Waals surface area contributed by atoms with Crippen LogP contribution in [0.4, 0.5) is 10.2 Å². The Balaban J connectivity index is 1.49. The first-order valence-electron chi connectivity index (χ1n) is 8.63. The summed E-state index contributed by atoms with van der Waals surface area (Å²) in [6.07, 6.45) is 1.65. The number of anilines is 1. The smallest absolute Gasteiger partial charge is 0.140 e. The molecule has 128 valence electrons. The minimum atomic E-state index is -0.168. The molecule has 0 radical (unpaired) electrons. The first kappa shape index (κ1) is 16.0. The molecule has 3 aromatic rings. The third-order valence-electron chi connectivity index (χ3n) is 4.82. The van der Waals surface area contributed by atoms with Crippen LogP contribution in [0.25, 0.3) is 10.9 Å². The number of hydrogen-bond donors (Lipinski definition) is 0. The van der Waals surface area contributed by atoms with E-state index in [0.29, 0.717) is 0 Å². The van der Waals surface area contributed by atoms with Crippen molar-refractivity contribution in [3.05, 3.63) is 65.7 Å². The van der Waals surface area contributed by atoms with Crippen molar-refractivity contribution in [3.63, 3.8) is 0 Å². The molecule has 0 unspecified atom stereocenters. The highest BCUT2D eigenvalue weighted by atomic mass is 19.1. The third kappa shape index (κ3) is 3.33. The quantitative estimate of drug-likeness (QED) is 0.734. The van der Waals surface area contributed by atoms with Crippen LogP contribution in [0.15, 0.2) is 48.8 Å². The lowest BCUT2D eigenvalue weighted by Gasteiger charge is -2.36. The molecule has 1 aliphatic heterocycles. The fraction of sp³-hybridized carbons (Fsp3) is 0.300. The van der Waals surface area contributed by atoms with Gasteiger partial charge in [0, 0.05) is 38.1 Å². The lowest BCUT2D eigenvalue weighted by Crippen LogP contribution is -2.46. The van der Waals surface area contributed by atoms with Gasteiger partial charge in [-0.25, -0.2) is 14.4 Å². The molecule has 0 spiro atoms. The second kappa shape index (κ2) is 6.76. The molecule has 4 nitrogen and oxygen atoms in total. The Hall–Kier alpha value is -2.53. The molecule has 1 fully saturated rings.